The molecule has 0 aliphatic heterocycles. The highest BCUT2D eigenvalue weighted by atomic mass is 35.5. The molecule has 3 nitrogen and oxygen atoms in total. The molecule has 2 N–H and O–H groups in total. The van der Waals surface area contributed by atoms with Gasteiger partial charge in [0.15, 0.2) is 0 Å². The quantitative estimate of drug-likeness (QED) is 0.891. The van der Waals surface area contributed by atoms with E-state index >= 15 is 0 Å². The van der Waals surface area contributed by atoms with Crippen molar-refractivity contribution in [1.82, 2.24) is 0 Å². The number of para-hydroxylation sites is 1. The van der Waals surface area contributed by atoms with E-state index in [9.17, 15) is 9.90 Å². The van der Waals surface area contributed by atoms with Gasteiger partial charge in [-0.05, 0) is 43.0 Å². The number of carbonyl (C=O) groups excluding carboxylic acids is 1. The van der Waals surface area contributed by atoms with Crippen LogP contribution in [0.5, 0.6) is 0 Å². The van der Waals surface area contributed by atoms with Gasteiger partial charge in [-0.25, -0.2) is 0 Å². The SMILES string of the molecule is CC(O)c1ccccc1NC(=O)C1CC1c1ccc(Cl)cc1. The van der Waals surface area contributed by atoms with Crippen molar-refractivity contribution >= 4 is 23.2 Å². The average Bonchev–Trinajstić information content (AvgIpc) is 3.29. The summed E-state index contributed by atoms with van der Waals surface area (Å²) in [5.41, 5.74) is 2.57. The van der Waals surface area contributed by atoms with Crippen molar-refractivity contribution in [2.45, 2.75) is 25.4 Å². The minimum atomic E-state index is -0.609. The zero-order valence-corrected chi connectivity index (χ0v) is 13.0. The minimum absolute atomic E-state index is 0.00745. The van der Waals surface area contributed by atoms with E-state index in [1.54, 1.807) is 6.92 Å². The van der Waals surface area contributed by atoms with Crippen LogP contribution < -0.4 is 5.32 Å². The summed E-state index contributed by atoms with van der Waals surface area (Å²) in [6.45, 7) is 1.69. The van der Waals surface area contributed by atoms with Crippen LogP contribution in [0.15, 0.2) is 48.5 Å². The van der Waals surface area contributed by atoms with Crippen molar-refractivity contribution in [3.63, 3.8) is 0 Å². The number of benzene rings is 2. The topological polar surface area (TPSA) is 49.3 Å². The van der Waals surface area contributed by atoms with Crippen molar-refractivity contribution < 1.29 is 9.90 Å². The Morgan fingerprint density at radius 1 is 1.23 bits per heavy atom. The molecule has 1 amide bonds. The maximum Gasteiger partial charge on any atom is 0.228 e. The summed E-state index contributed by atoms with van der Waals surface area (Å²) in [6, 6.07) is 15.0. The Balaban J connectivity index is 1.68. The molecular weight excluding hydrogens is 298 g/mol. The Labute approximate surface area is 134 Å². The van der Waals surface area contributed by atoms with Crippen LogP contribution in [0.2, 0.25) is 5.02 Å². The molecule has 1 aliphatic rings. The Bertz CT molecular complexity index is 682. The van der Waals surface area contributed by atoms with E-state index < -0.39 is 6.10 Å². The van der Waals surface area contributed by atoms with Crippen molar-refractivity contribution in [2.24, 2.45) is 5.92 Å². The van der Waals surface area contributed by atoms with Gasteiger partial charge in [-0.3, -0.25) is 4.79 Å². The number of rotatable bonds is 4. The van der Waals surface area contributed by atoms with Gasteiger partial charge in [-0.2, -0.15) is 0 Å². The molecular formula is C18H18ClNO2. The van der Waals surface area contributed by atoms with Gasteiger partial charge >= 0.3 is 0 Å². The van der Waals surface area contributed by atoms with Gasteiger partial charge in [-0.1, -0.05) is 41.9 Å². The molecule has 0 saturated heterocycles. The van der Waals surface area contributed by atoms with E-state index in [-0.39, 0.29) is 17.7 Å². The summed E-state index contributed by atoms with van der Waals surface area (Å²) >= 11 is 5.89. The fourth-order valence-electron chi connectivity index (χ4n) is 2.76. The number of carbonyl (C=O) groups is 1. The van der Waals surface area contributed by atoms with Gasteiger partial charge < -0.3 is 10.4 Å². The Morgan fingerprint density at radius 2 is 1.91 bits per heavy atom. The molecule has 3 rings (SSSR count). The molecule has 114 valence electrons. The average molecular weight is 316 g/mol. The first-order valence-corrected chi connectivity index (χ1v) is 7.77. The lowest BCUT2D eigenvalue weighted by Crippen LogP contribution is -2.16. The molecule has 0 bridgehead atoms. The molecule has 4 heteroatoms. The predicted molar refractivity (Wildman–Crippen MR) is 88.0 cm³/mol. The summed E-state index contributed by atoms with van der Waals surface area (Å²) in [5.74, 6) is 0.257. The highest BCUT2D eigenvalue weighted by molar-refractivity contribution is 6.30. The molecule has 3 unspecified atom stereocenters. The third kappa shape index (κ3) is 3.16. The van der Waals surface area contributed by atoms with Crippen LogP contribution in [0.25, 0.3) is 0 Å². The molecule has 1 saturated carbocycles. The zero-order valence-electron chi connectivity index (χ0n) is 12.3. The highest BCUT2D eigenvalue weighted by Crippen LogP contribution is 2.48. The lowest BCUT2D eigenvalue weighted by molar-refractivity contribution is -0.117. The molecule has 0 aromatic heterocycles. The Hall–Kier alpha value is -1.84. The fourth-order valence-corrected chi connectivity index (χ4v) is 2.89. The van der Waals surface area contributed by atoms with Crippen molar-refractivity contribution in [3.8, 4) is 0 Å². The van der Waals surface area contributed by atoms with Gasteiger partial charge in [0, 0.05) is 22.2 Å². The van der Waals surface area contributed by atoms with Crippen LogP contribution in [-0.4, -0.2) is 11.0 Å². The summed E-state index contributed by atoms with van der Waals surface area (Å²) in [7, 11) is 0. The normalized spacial score (nSPS) is 21.2. The van der Waals surface area contributed by atoms with Crippen LogP contribution >= 0.6 is 11.6 Å². The number of anilines is 1. The third-order valence-corrected chi connectivity index (χ3v) is 4.35. The summed E-state index contributed by atoms with van der Waals surface area (Å²) in [6.07, 6.45) is 0.243. The zero-order chi connectivity index (χ0) is 15.7. The number of aliphatic hydroxyl groups is 1. The second-order valence-electron chi connectivity index (χ2n) is 5.75. The number of aliphatic hydroxyl groups excluding tert-OH is 1. The van der Waals surface area contributed by atoms with Crippen molar-refractivity contribution in [1.29, 1.82) is 0 Å². The largest absolute Gasteiger partial charge is 0.389 e. The Kier molecular flexibility index (Phi) is 4.19. The molecule has 22 heavy (non-hydrogen) atoms. The molecule has 2 aromatic rings. The van der Waals surface area contributed by atoms with E-state index in [0.29, 0.717) is 10.7 Å². The minimum Gasteiger partial charge on any atom is -0.389 e. The van der Waals surface area contributed by atoms with E-state index in [4.69, 9.17) is 11.6 Å². The first-order valence-electron chi connectivity index (χ1n) is 7.39. The highest BCUT2D eigenvalue weighted by Gasteiger charge is 2.44. The molecule has 0 spiro atoms. The first-order chi connectivity index (χ1) is 10.6. The maximum absolute atomic E-state index is 12.4. The molecule has 2 aromatic carbocycles. The van der Waals surface area contributed by atoms with Gasteiger partial charge in [0.25, 0.3) is 0 Å². The summed E-state index contributed by atoms with van der Waals surface area (Å²) in [4.78, 5) is 12.4. The van der Waals surface area contributed by atoms with Crippen molar-refractivity contribution in [3.05, 3.63) is 64.7 Å². The van der Waals surface area contributed by atoms with Gasteiger partial charge in [0.2, 0.25) is 5.91 Å². The van der Waals surface area contributed by atoms with Crippen LogP contribution in [0, 0.1) is 5.92 Å². The second kappa shape index (κ2) is 6.11. The van der Waals surface area contributed by atoms with E-state index in [2.05, 4.69) is 5.32 Å². The van der Waals surface area contributed by atoms with Crippen LogP contribution in [0.3, 0.4) is 0 Å². The second-order valence-corrected chi connectivity index (χ2v) is 6.19. The van der Waals surface area contributed by atoms with Crippen LogP contribution in [0.1, 0.15) is 36.5 Å². The maximum atomic E-state index is 12.4. The predicted octanol–water partition coefficient (Wildman–Crippen LogP) is 4.14. The lowest BCUT2D eigenvalue weighted by Gasteiger charge is -2.13. The molecule has 3 atom stereocenters. The lowest BCUT2D eigenvalue weighted by atomic mass is 10.1. The number of hydrogen-bond donors (Lipinski definition) is 2. The summed E-state index contributed by atoms with van der Waals surface area (Å²) in [5, 5.41) is 13.4. The van der Waals surface area contributed by atoms with E-state index in [1.165, 1.54) is 0 Å². The van der Waals surface area contributed by atoms with E-state index in [0.717, 1.165) is 17.5 Å². The number of amides is 1. The molecule has 0 radical (unpaired) electrons. The first kappa shape index (κ1) is 15.1. The molecule has 0 heterocycles. The fraction of sp³-hybridized carbons (Fsp3) is 0.278. The summed E-state index contributed by atoms with van der Waals surface area (Å²) < 4.78 is 0. The van der Waals surface area contributed by atoms with E-state index in [1.807, 2.05) is 48.5 Å². The monoisotopic (exact) mass is 315 g/mol. The molecule has 1 fully saturated rings. The third-order valence-electron chi connectivity index (χ3n) is 4.09. The van der Waals surface area contributed by atoms with Crippen LogP contribution in [-0.2, 0) is 4.79 Å². The number of halogens is 1. The Morgan fingerprint density at radius 3 is 2.59 bits per heavy atom. The smallest absolute Gasteiger partial charge is 0.228 e. The molecule has 1 aliphatic carbocycles. The van der Waals surface area contributed by atoms with Crippen molar-refractivity contribution in [2.75, 3.05) is 5.32 Å². The number of nitrogens with one attached hydrogen (secondary N) is 1. The number of hydrogen-bond acceptors (Lipinski definition) is 2. The van der Waals surface area contributed by atoms with Gasteiger partial charge in [0.1, 0.15) is 0 Å². The van der Waals surface area contributed by atoms with Gasteiger partial charge in [0.05, 0.1) is 6.10 Å². The van der Waals surface area contributed by atoms with Gasteiger partial charge in [-0.15, -0.1) is 0 Å². The van der Waals surface area contributed by atoms with Crippen LogP contribution in [0.4, 0.5) is 5.69 Å². The standard InChI is InChI=1S/C18H18ClNO2/c1-11(21)14-4-2-3-5-17(14)20-18(22)16-10-15(16)12-6-8-13(19)9-7-12/h2-9,11,15-16,21H,10H2,1H3,(H,20,22).